The molecule has 0 bridgehead atoms. The Labute approximate surface area is 138 Å². The van der Waals surface area contributed by atoms with Crippen molar-refractivity contribution in [3.05, 3.63) is 24.3 Å². The molecule has 3 heteroatoms. The van der Waals surface area contributed by atoms with Gasteiger partial charge >= 0.3 is 5.97 Å². The molecular formula is C20H28O3. The number of ketones is 1. The minimum Gasteiger partial charge on any atom is -0.481 e. The summed E-state index contributed by atoms with van der Waals surface area (Å²) in [6, 6.07) is 0. The fourth-order valence-corrected chi connectivity index (χ4v) is 5.58. The summed E-state index contributed by atoms with van der Waals surface area (Å²) in [6.45, 7) is 10.3. The Kier molecular flexibility index (Phi) is 3.62. The van der Waals surface area contributed by atoms with E-state index in [2.05, 4.69) is 27.4 Å². The van der Waals surface area contributed by atoms with Crippen LogP contribution in [0.5, 0.6) is 0 Å². The van der Waals surface area contributed by atoms with E-state index < -0.39 is 11.4 Å². The predicted octanol–water partition coefficient (Wildman–Crippen LogP) is 4.39. The highest BCUT2D eigenvalue weighted by Gasteiger charge is 2.63. The summed E-state index contributed by atoms with van der Waals surface area (Å²) in [5.41, 5.74) is -0.255. The molecule has 4 atom stereocenters. The van der Waals surface area contributed by atoms with Gasteiger partial charge in [-0.05, 0) is 42.6 Å². The molecule has 0 heterocycles. The molecule has 3 nitrogen and oxygen atoms in total. The van der Waals surface area contributed by atoms with E-state index in [1.54, 1.807) is 0 Å². The van der Waals surface area contributed by atoms with Crippen molar-refractivity contribution in [2.45, 2.75) is 59.3 Å². The number of carboxylic acids is 1. The molecule has 0 aliphatic heterocycles. The van der Waals surface area contributed by atoms with Crippen molar-refractivity contribution < 1.29 is 14.7 Å². The van der Waals surface area contributed by atoms with Crippen molar-refractivity contribution in [1.29, 1.82) is 0 Å². The van der Waals surface area contributed by atoms with Crippen LogP contribution in [0.1, 0.15) is 59.3 Å². The van der Waals surface area contributed by atoms with Gasteiger partial charge in [0.15, 0.2) is 5.78 Å². The van der Waals surface area contributed by atoms with E-state index >= 15 is 0 Å². The van der Waals surface area contributed by atoms with Crippen LogP contribution in [0, 0.1) is 28.1 Å². The van der Waals surface area contributed by atoms with Gasteiger partial charge in [0.1, 0.15) is 0 Å². The van der Waals surface area contributed by atoms with Crippen LogP contribution in [0.3, 0.4) is 0 Å². The van der Waals surface area contributed by atoms with E-state index in [1.165, 1.54) is 0 Å². The number of fused-ring (bicyclic) bond motifs is 3. The zero-order valence-electron chi connectivity index (χ0n) is 14.5. The number of carboxylic acid groups (broad SMARTS) is 1. The fourth-order valence-electron chi connectivity index (χ4n) is 5.58. The van der Waals surface area contributed by atoms with Crippen LogP contribution in [0.25, 0.3) is 0 Å². The van der Waals surface area contributed by atoms with Crippen molar-refractivity contribution in [3.8, 4) is 0 Å². The summed E-state index contributed by atoms with van der Waals surface area (Å²) in [7, 11) is 0. The normalized spacial score (nSPS) is 42.2. The second-order valence-electron chi connectivity index (χ2n) is 8.77. The minimum absolute atomic E-state index is 0.0519. The maximum atomic E-state index is 12.8. The molecule has 1 N–H and O–H groups in total. The standard InChI is InChI=1S/C20H28O3/c1-5-19(4)10-7-14-13(12-19)15(21)11-16-18(2,3)8-6-9-20(14,16)17(22)23/h5,12,14,16H,1,6-11H2,2-4H3,(H,22,23). The second kappa shape index (κ2) is 5.06. The Morgan fingerprint density at radius 2 is 2.00 bits per heavy atom. The predicted molar refractivity (Wildman–Crippen MR) is 89.9 cm³/mol. The molecule has 0 amide bonds. The van der Waals surface area contributed by atoms with Gasteiger partial charge in [-0.1, -0.05) is 39.3 Å². The Balaban J connectivity index is 2.15. The summed E-state index contributed by atoms with van der Waals surface area (Å²) in [6.07, 6.45) is 8.61. The lowest BCUT2D eigenvalue weighted by molar-refractivity contribution is -0.172. The number of hydrogen-bond donors (Lipinski definition) is 1. The van der Waals surface area contributed by atoms with Crippen molar-refractivity contribution >= 4 is 11.8 Å². The molecule has 3 aliphatic rings. The first-order valence-electron chi connectivity index (χ1n) is 8.79. The number of carbonyl (C=O) groups excluding carboxylic acids is 1. The molecule has 2 fully saturated rings. The van der Waals surface area contributed by atoms with Crippen molar-refractivity contribution in [2.24, 2.45) is 28.1 Å². The lowest BCUT2D eigenvalue weighted by atomic mass is 9.44. The third-order valence-corrected chi connectivity index (χ3v) is 7.01. The molecule has 2 saturated carbocycles. The van der Waals surface area contributed by atoms with Gasteiger partial charge < -0.3 is 5.11 Å². The summed E-state index contributed by atoms with van der Waals surface area (Å²) in [5.74, 6) is -0.705. The zero-order valence-corrected chi connectivity index (χ0v) is 14.5. The quantitative estimate of drug-likeness (QED) is 0.769. The molecule has 0 spiro atoms. The average molecular weight is 316 g/mol. The number of allylic oxidation sites excluding steroid dienone is 3. The molecule has 0 saturated heterocycles. The molecule has 23 heavy (non-hydrogen) atoms. The van der Waals surface area contributed by atoms with Crippen LogP contribution in [-0.2, 0) is 9.59 Å². The highest BCUT2D eigenvalue weighted by atomic mass is 16.4. The van der Waals surface area contributed by atoms with Crippen molar-refractivity contribution in [3.63, 3.8) is 0 Å². The molecule has 0 radical (unpaired) electrons. The minimum atomic E-state index is -0.760. The monoisotopic (exact) mass is 316 g/mol. The Morgan fingerprint density at radius 1 is 1.30 bits per heavy atom. The lowest BCUT2D eigenvalue weighted by Gasteiger charge is -2.57. The first-order valence-corrected chi connectivity index (χ1v) is 8.79. The van der Waals surface area contributed by atoms with E-state index in [0.717, 1.165) is 31.3 Å². The van der Waals surface area contributed by atoms with E-state index in [1.807, 2.05) is 12.2 Å². The molecule has 0 aromatic rings. The first-order chi connectivity index (χ1) is 10.7. The van der Waals surface area contributed by atoms with E-state index in [4.69, 9.17) is 0 Å². The number of hydrogen-bond acceptors (Lipinski definition) is 2. The molecule has 0 aromatic carbocycles. The number of Topliss-reactive ketones (excluding diaryl/α,β-unsaturated/α-hetero) is 1. The van der Waals surface area contributed by atoms with Gasteiger partial charge in [-0.3, -0.25) is 9.59 Å². The summed E-state index contributed by atoms with van der Waals surface area (Å²) >= 11 is 0. The molecular weight excluding hydrogens is 288 g/mol. The summed E-state index contributed by atoms with van der Waals surface area (Å²) in [5, 5.41) is 10.2. The van der Waals surface area contributed by atoms with Crippen LogP contribution in [-0.4, -0.2) is 16.9 Å². The molecule has 3 rings (SSSR count). The number of aliphatic carboxylic acids is 1. The van der Waals surface area contributed by atoms with E-state index in [9.17, 15) is 14.7 Å². The molecule has 0 aromatic heterocycles. The van der Waals surface area contributed by atoms with Crippen molar-refractivity contribution in [1.82, 2.24) is 0 Å². The number of rotatable bonds is 2. The second-order valence-corrected chi connectivity index (χ2v) is 8.77. The maximum absolute atomic E-state index is 12.8. The van der Waals surface area contributed by atoms with Crippen LogP contribution >= 0.6 is 0 Å². The van der Waals surface area contributed by atoms with Crippen LogP contribution in [0.15, 0.2) is 24.3 Å². The smallest absolute Gasteiger partial charge is 0.310 e. The number of carbonyl (C=O) groups is 2. The zero-order chi connectivity index (χ0) is 17.0. The van der Waals surface area contributed by atoms with E-state index in [-0.39, 0.29) is 28.4 Å². The van der Waals surface area contributed by atoms with Crippen LogP contribution < -0.4 is 0 Å². The summed E-state index contributed by atoms with van der Waals surface area (Å²) < 4.78 is 0. The highest BCUT2D eigenvalue weighted by Crippen LogP contribution is 2.63. The van der Waals surface area contributed by atoms with Gasteiger partial charge in [0.25, 0.3) is 0 Å². The highest BCUT2D eigenvalue weighted by molar-refractivity contribution is 5.99. The largest absolute Gasteiger partial charge is 0.481 e. The molecule has 4 unspecified atom stereocenters. The fraction of sp³-hybridized carbons (Fsp3) is 0.700. The SMILES string of the molecule is C=CC1(C)C=C2C(=O)CC3C(C)(C)CCCC3(C(=O)O)C2CC1. The van der Waals surface area contributed by atoms with Gasteiger partial charge in [-0.15, -0.1) is 6.58 Å². The molecule has 3 aliphatic carbocycles. The van der Waals surface area contributed by atoms with Gasteiger partial charge in [0, 0.05) is 17.8 Å². The van der Waals surface area contributed by atoms with Gasteiger partial charge in [0.2, 0.25) is 0 Å². The topological polar surface area (TPSA) is 54.4 Å². The first kappa shape index (κ1) is 16.5. The van der Waals surface area contributed by atoms with Gasteiger partial charge in [0.05, 0.1) is 5.41 Å². The maximum Gasteiger partial charge on any atom is 0.310 e. The third kappa shape index (κ3) is 2.23. The average Bonchev–Trinajstić information content (AvgIpc) is 2.48. The van der Waals surface area contributed by atoms with Crippen molar-refractivity contribution in [2.75, 3.05) is 0 Å². The summed E-state index contributed by atoms with van der Waals surface area (Å²) in [4.78, 5) is 25.3. The van der Waals surface area contributed by atoms with Crippen LogP contribution in [0.4, 0.5) is 0 Å². The van der Waals surface area contributed by atoms with Gasteiger partial charge in [-0.2, -0.15) is 0 Å². The third-order valence-electron chi connectivity index (χ3n) is 7.01. The molecule has 126 valence electrons. The Bertz CT molecular complexity index is 600. The lowest BCUT2D eigenvalue weighted by Crippen LogP contribution is -2.58. The van der Waals surface area contributed by atoms with Crippen LogP contribution in [0.2, 0.25) is 0 Å². The van der Waals surface area contributed by atoms with E-state index in [0.29, 0.717) is 12.8 Å². The van der Waals surface area contributed by atoms with Gasteiger partial charge in [-0.25, -0.2) is 0 Å². The Morgan fingerprint density at radius 3 is 2.61 bits per heavy atom. The Hall–Kier alpha value is -1.38.